The van der Waals surface area contributed by atoms with Crippen LogP contribution in [0.2, 0.25) is 0 Å². The first-order valence-corrected chi connectivity index (χ1v) is 8.10. The topological polar surface area (TPSA) is 60.5 Å². The second kappa shape index (κ2) is 9.80. The highest BCUT2D eigenvalue weighted by Crippen LogP contribution is 2.18. The van der Waals surface area contributed by atoms with Crippen LogP contribution in [0, 0.1) is 6.92 Å². The van der Waals surface area contributed by atoms with E-state index in [1.165, 1.54) is 0 Å². The zero-order chi connectivity index (χ0) is 17.2. The summed E-state index contributed by atoms with van der Waals surface area (Å²) in [5.74, 6) is -0.100. The van der Waals surface area contributed by atoms with Crippen molar-refractivity contribution in [3.63, 3.8) is 0 Å². The van der Waals surface area contributed by atoms with Gasteiger partial charge in [0, 0.05) is 25.8 Å². The van der Waals surface area contributed by atoms with E-state index in [1.807, 2.05) is 49.4 Å². The highest BCUT2D eigenvalue weighted by molar-refractivity contribution is 5.95. The number of pyridine rings is 1. The summed E-state index contributed by atoms with van der Waals surface area (Å²) in [5.41, 5.74) is 3.25. The van der Waals surface area contributed by atoms with Crippen molar-refractivity contribution >= 4 is 5.91 Å². The van der Waals surface area contributed by atoms with Gasteiger partial charge in [0.05, 0.1) is 30.2 Å². The summed E-state index contributed by atoms with van der Waals surface area (Å²) >= 11 is 0. The fraction of sp³-hybridized carbons (Fsp3) is 0.368. The van der Waals surface area contributed by atoms with Crippen molar-refractivity contribution in [2.45, 2.75) is 13.3 Å². The molecular weight excluding hydrogens is 304 g/mol. The number of rotatable bonds is 9. The fourth-order valence-electron chi connectivity index (χ4n) is 2.29. The molecule has 1 amide bonds. The Morgan fingerprint density at radius 1 is 1.08 bits per heavy atom. The van der Waals surface area contributed by atoms with Gasteiger partial charge in [0.25, 0.3) is 5.91 Å². The van der Waals surface area contributed by atoms with Gasteiger partial charge in [-0.05, 0) is 25.5 Å². The van der Waals surface area contributed by atoms with Gasteiger partial charge in [-0.25, -0.2) is 0 Å². The summed E-state index contributed by atoms with van der Waals surface area (Å²) < 4.78 is 10.3. The highest BCUT2D eigenvalue weighted by atomic mass is 16.5. The maximum absolute atomic E-state index is 12.2. The Balaban J connectivity index is 1.84. The molecule has 0 bridgehead atoms. The third-order valence-corrected chi connectivity index (χ3v) is 3.58. The van der Waals surface area contributed by atoms with Crippen LogP contribution in [0.3, 0.4) is 0 Å². The van der Waals surface area contributed by atoms with Crippen molar-refractivity contribution in [2.24, 2.45) is 0 Å². The van der Waals surface area contributed by atoms with E-state index in [9.17, 15) is 4.79 Å². The summed E-state index contributed by atoms with van der Waals surface area (Å²) in [6.07, 6.45) is 0.768. The molecule has 128 valence electrons. The minimum atomic E-state index is -0.100. The van der Waals surface area contributed by atoms with Crippen LogP contribution in [0.5, 0.6) is 0 Å². The Morgan fingerprint density at radius 3 is 2.58 bits per heavy atom. The first-order valence-electron chi connectivity index (χ1n) is 8.10. The molecule has 0 aliphatic rings. The van der Waals surface area contributed by atoms with E-state index in [0.717, 1.165) is 23.4 Å². The predicted molar refractivity (Wildman–Crippen MR) is 94.1 cm³/mol. The first kappa shape index (κ1) is 18.1. The van der Waals surface area contributed by atoms with Crippen LogP contribution in [-0.2, 0) is 9.47 Å². The maximum Gasteiger partial charge on any atom is 0.253 e. The van der Waals surface area contributed by atoms with E-state index in [0.29, 0.717) is 31.9 Å². The highest BCUT2D eigenvalue weighted by Gasteiger charge is 2.10. The van der Waals surface area contributed by atoms with E-state index >= 15 is 0 Å². The number of hydrogen-bond acceptors (Lipinski definition) is 4. The third kappa shape index (κ3) is 5.44. The molecule has 5 nitrogen and oxygen atoms in total. The molecule has 24 heavy (non-hydrogen) atoms. The molecule has 0 unspecified atom stereocenters. The van der Waals surface area contributed by atoms with Crippen molar-refractivity contribution in [1.29, 1.82) is 0 Å². The zero-order valence-electron chi connectivity index (χ0n) is 14.2. The first-order chi connectivity index (χ1) is 11.7. The lowest BCUT2D eigenvalue weighted by molar-refractivity contribution is 0.0688. The van der Waals surface area contributed by atoms with Crippen LogP contribution in [0.25, 0.3) is 11.3 Å². The zero-order valence-corrected chi connectivity index (χ0v) is 14.2. The van der Waals surface area contributed by atoms with Crippen molar-refractivity contribution in [3.05, 3.63) is 53.7 Å². The molecule has 2 aromatic rings. The summed E-state index contributed by atoms with van der Waals surface area (Å²) in [5, 5.41) is 2.90. The molecule has 1 N–H and O–H groups in total. The lowest BCUT2D eigenvalue weighted by Crippen LogP contribution is -2.26. The summed E-state index contributed by atoms with van der Waals surface area (Å²) in [6, 6.07) is 13.6. The van der Waals surface area contributed by atoms with E-state index < -0.39 is 0 Å². The Hall–Kier alpha value is -2.24. The molecule has 0 atom stereocenters. The average molecular weight is 328 g/mol. The van der Waals surface area contributed by atoms with Gasteiger partial charge in [0.15, 0.2) is 0 Å². The monoisotopic (exact) mass is 328 g/mol. The van der Waals surface area contributed by atoms with Gasteiger partial charge in [-0.2, -0.15) is 0 Å². The van der Waals surface area contributed by atoms with Crippen LogP contribution in [0.1, 0.15) is 22.5 Å². The number of methoxy groups -OCH3 is 1. The Labute approximate surface area is 143 Å². The van der Waals surface area contributed by atoms with Gasteiger partial charge in [-0.1, -0.05) is 30.3 Å². The average Bonchev–Trinajstić information content (AvgIpc) is 2.61. The number of benzene rings is 1. The van der Waals surface area contributed by atoms with Crippen LogP contribution in [-0.4, -0.2) is 44.4 Å². The van der Waals surface area contributed by atoms with Crippen LogP contribution in [0.15, 0.2) is 42.5 Å². The number of nitrogens with zero attached hydrogens (tertiary/aromatic N) is 1. The normalized spacial score (nSPS) is 10.6. The smallest absolute Gasteiger partial charge is 0.253 e. The van der Waals surface area contributed by atoms with E-state index in [4.69, 9.17) is 9.47 Å². The molecule has 1 aromatic heterocycles. The maximum atomic E-state index is 12.2. The number of nitrogens with one attached hydrogen (secondary N) is 1. The lowest BCUT2D eigenvalue weighted by atomic mass is 10.1. The van der Waals surface area contributed by atoms with Crippen molar-refractivity contribution in [1.82, 2.24) is 10.3 Å². The second-order valence-corrected chi connectivity index (χ2v) is 5.41. The van der Waals surface area contributed by atoms with Crippen LogP contribution in [0.4, 0.5) is 0 Å². The number of amides is 1. The van der Waals surface area contributed by atoms with Crippen molar-refractivity contribution in [2.75, 3.05) is 33.5 Å². The van der Waals surface area contributed by atoms with Gasteiger partial charge in [0.2, 0.25) is 0 Å². The predicted octanol–water partition coefficient (Wildman–Crippen LogP) is 2.84. The quantitative estimate of drug-likeness (QED) is 0.719. The van der Waals surface area contributed by atoms with Crippen LogP contribution < -0.4 is 5.32 Å². The number of aromatic nitrogens is 1. The number of carbonyl (C=O) groups excluding carboxylic acids is 1. The molecule has 0 saturated heterocycles. The minimum Gasteiger partial charge on any atom is -0.382 e. The SMILES string of the molecule is COCCOCCCNC(=O)c1ccc(-c2ccccc2)nc1C. The second-order valence-electron chi connectivity index (χ2n) is 5.41. The number of ether oxygens (including phenoxy) is 2. The van der Waals surface area contributed by atoms with E-state index in [1.54, 1.807) is 7.11 Å². The number of hydrogen-bond donors (Lipinski definition) is 1. The molecule has 1 heterocycles. The summed E-state index contributed by atoms with van der Waals surface area (Å²) in [6.45, 7) is 4.20. The molecule has 0 radical (unpaired) electrons. The molecule has 2 rings (SSSR count). The third-order valence-electron chi connectivity index (χ3n) is 3.58. The van der Waals surface area contributed by atoms with E-state index in [2.05, 4.69) is 10.3 Å². The summed E-state index contributed by atoms with van der Waals surface area (Å²) in [7, 11) is 1.64. The molecule has 0 aliphatic carbocycles. The van der Waals surface area contributed by atoms with Gasteiger partial charge in [-0.15, -0.1) is 0 Å². The summed E-state index contributed by atoms with van der Waals surface area (Å²) in [4.78, 5) is 16.8. The molecular formula is C19H24N2O3. The van der Waals surface area contributed by atoms with Gasteiger partial charge in [-0.3, -0.25) is 9.78 Å². The standard InChI is InChI=1S/C19H24N2O3/c1-15-17(19(22)20-11-6-12-24-14-13-23-2)9-10-18(21-15)16-7-4-3-5-8-16/h3-5,7-10H,6,11-14H2,1-2H3,(H,20,22). The van der Waals surface area contributed by atoms with Gasteiger partial charge >= 0.3 is 0 Å². The number of aryl methyl sites for hydroxylation is 1. The van der Waals surface area contributed by atoms with Crippen molar-refractivity contribution < 1.29 is 14.3 Å². The fourth-order valence-corrected chi connectivity index (χ4v) is 2.29. The molecule has 0 aliphatic heterocycles. The Morgan fingerprint density at radius 2 is 1.88 bits per heavy atom. The Kier molecular flexibility index (Phi) is 7.39. The van der Waals surface area contributed by atoms with Gasteiger partial charge in [0.1, 0.15) is 0 Å². The van der Waals surface area contributed by atoms with E-state index in [-0.39, 0.29) is 5.91 Å². The Bertz CT molecular complexity index is 644. The van der Waals surface area contributed by atoms with Crippen molar-refractivity contribution in [3.8, 4) is 11.3 Å². The molecule has 0 fully saturated rings. The van der Waals surface area contributed by atoms with Crippen LogP contribution >= 0.6 is 0 Å². The minimum absolute atomic E-state index is 0.100. The molecule has 5 heteroatoms. The molecule has 0 saturated carbocycles. The lowest BCUT2D eigenvalue weighted by Gasteiger charge is -2.09. The largest absolute Gasteiger partial charge is 0.382 e. The molecule has 0 spiro atoms. The molecule has 1 aromatic carbocycles. The van der Waals surface area contributed by atoms with Gasteiger partial charge < -0.3 is 14.8 Å². The number of carbonyl (C=O) groups is 1.